The van der Waals surface area contributed by atoms with Crippen molar-refractivity contribution in [1.82, 2.24) is 0 Å². The van der Waals surface area contributed by atoms with Crippen molar-refractivity contribution in [2.75, 3.05) is 0 Å². The average molecular weight is 284 g/mol. The van der Waals surface area contributed by atoms with Gasteiger partial charge in [-0.15, -0.1) is 0 Å². The van der Waals surface area contributed by atoms with Crippen LogP contribution in [0.4, 0.5) is 8.78 Å². The summed E-state index contributed by atoms with van der Waals surface area (Å²) in [6, 6.07) is 10.3. The van der Waals surface area contributed by atoms with E-state index in [1.165, 1.54) is 12.1 Å². The van der Waals surface area contributed by atoms with E-state index in [-0.39, 0.29) is 11.6 Å². The second kappa shape index (κ2) is 5.80. The van der Waals surface area contributed by atoms with Crippen LogP contribution in [-0.4, -0.2) is 0 Å². The zero-order chi connectivity index (χ0) is 14.8. The number of hydrogen-bond donors (Lipinski definition) is 0. The summed E-state index contributed by atoms with van der Waals surface area (Å²) in [5.41, 5.74) is 4.62. The van der Waals surface area contributed by atoms with Crippen LogP contribution in [-0.2, 0) is 12.8 Å². The van der Waals surface area contributed by atoms with Gasteiger partial charge >= 0.3 is 0 Å². The Hall–Kier alpha value is -1.96. The number of halogens is 2. The maximum Gasteiger partial charge on any atom is 0.130 e. The highest BCUT2D eigenvalue weighted by atomic mass is 19.1. The monoisotopic (exact) mass is 284 g/mol. The van der Waals surface area contributed by atoms with Crippen molar-refractivity contribution in [3.63, 3.8) is 0 Å². The van der Waals surface area contributed by atoms with Crippen LogP contribution in [0.5, 0.6) is 0 Å². The number of fused-ring (bicyclic) bond motifs is 1. The van der Waals surface area contributed by atoms with E-state index < -0.39 is 0 Å². The molecule has 0 N–H and O–H groups in total. The van der Waals surface area contributed by atoms with E-state index in [0.29, 0.717) is 5.56 Å². The van der Waals surface area contributed by atoms with Gasteiger partial charge in [0.05, 0.1) is 0 Å². The molecule has 0 radical (unpaired) electrons. The molecule has 0 amide bonds. The zero-order valence-corrected chi connectivity index (χ0v) is 12.1. The maximum absolute atomic E-state index is 14.3. The fourth-order valence-electron chi connectivity index (χ4n) is 2.93. The number of benzene rings is 2. The van der Waals surface area contributed by atoms with Crippen LogP contribution in [0.15, 0.2) is 36.4 Å². The minimum atomic E-state index is -0.245. The van der Waals surface area contributed by atoms with Crippen LogP contribution in [0.3, 0.4) is 0 Å². The van der Waals surface area contributed by atoms with Crippen molar-refractivity contribution in [2.24, 2.45) is 0 Å². The number of hydrogen-bond acceptors (Lipinski definition) is 0. The Kier molecular flexibility index (Phi) is 3.87. The van der Waals surface area contributed by atoms with Crippen LogP contribution >= 0.6 is 0 Å². The summed E-state index contributed by atoms with van der Waals surface area (Å²) in [5, 5.41) is 0. The minimum Gasteiger partial charge on any atom is -0.207 e. The molecule has 1 aliphatic rings. The van der Waals surface area contributed by atoms with Gasteiger partial charge in [-0.1, -0.05) is 37.6 Å². The van der Waals surface area contributed by atoms with Gasteiger partial charge in [0.2, 0.25) is 0 Å². The molecule has 2 heteroatoms. The molecule has 0 nitrogen and oxygen atoms in total. The van der Waals surface area contributed by atoms with Crippen LogP contribution in [0, 0.1) is 11.6 Å². The largest absolute Gasteiger partial charge is 0.207 e. The van der Waals surface area contributed by atoms with Crippen molar-refractivity contribution in [2.45, 2.75) is 32.6 Å². The first-order valence-electron chi connectivity index (χ1n) is 7.45. The van der Waals surface area contributed by atoms with Gasteiger partial charge in [0.25, 0.3) is 0 Å². The lowest BCUT2D eigenvalue weighted by Gasteiger charge is -2.17. The first-order chi connectivity index (χ1) is 10.2. The van der Waals surface area contributed by atoms with Crippen LogP contribution < -0.4 is 0 Å². The SMILES string of the molecule is CCCc1ccc(C2=Cc3cc(F)ccc3CC2)c(F)c1. The molecule has 3 rings (SSSR count). The predicted octanol–water partition coefficient (Wildman–Crippen LogP) is 5.40. The Morgan fingerprint density at radius 3 is 2.62 bits per heavy atom. The standard InChI is InChI=1S/C19H18F2/c1-2-3-13-4-9-18(19(21)10-13)15-6-5-14-7-8-17(20)12-16(14)11-15/h4,7-12H,2-3,5-6H2,1H3. The van der Waals surface area contributed by atoms with Crippen LogP contribution in [0.25, 0.3) is 11.6 Å². The third-order valence-corrected chi connectivity index (χ3v) is 4.02. The van der Waals surface area contributed by atoms with Gasteiger partial charge in [0, 0.05) is 5.56 Å². The molecule has 0 fully saturated rings. The van der Waals surface area contributed by atoms with E-state index in [1.807, 2.05) is 24.3 Å². The average Bonchev–Trinajstić information content (AvgIpc) is 2.47. The molecule has 0 atom stereocenters. The highest BCUT2D eigenvalue weighted by Gasteiger charge is 2.15. The quantitative estimate of drug-likeness (QED) is 0.707. The lowest BCUT2D eigenvalue weighted by molar-refractivity contribution is 0.620. The smallest absolute Gasteiger partial charge is 0.130 e. The molecule has 2 aromatic carbocycles. The number of aryl methyl sites for hydroxylation is 2. The van der Waals surface area contributed by atoms with Gasteiger partial charge in [0.1, 0.15) is 11.6 Å². The van der Waals surface area contributed by atoms with E-state index in [9.17, 15) is 8.78 Å². The van der Waals surface area contributed by atoms with Crippen molar-refractivity contribution < 1.29 is 8.78 Å². The molecule has 0 heterocycles. The highest BCUT2D eigenvalue weighted by molar-refractivity contribution is 5.84. The second-order valence-electron chi connectivity index (χ2n) is 5.58. The fraction of sp³-hybridized carbons (Fsp3) is 0.263. The lowest BCUT2D eigenvalue weighted by Crippen LogP contribution is -2.01. The van der Waals surface area contributed by atoms with E-state index in [4.69, 9.17) is 0 Å². The summed E-state index contributed by atoms with van der Waals surface area (Å²) in [6.45, 7) is 2.08. The topological polar surface area (TPSA) is 0 Å². The van der Waals surface area contributed by atoms with Crippen molar-refractivity contribution in [3.8, 4) is 0 Å². The highest BCUT2D eigenvalue weighted by Crippen LogP contribution is 2.32. The van der Waals surface area contributed by atoms with Gasteiger partial charge in [0.15, 0.2) is 0 Å². The molecule has 2 aromatic rings. The van der Waals surface area contributed by atoms with Crippen molar-refractivity contribution in [3.05, 3.63) is 70.3 Å². The second-order valence-corrected chi connectivity index (χ2v) is 5.58. The van der Waals surface area contributed by atoms with Crippen LogP contribution in [0.1, 0.15) is 42.0 Å². The van der Waals surface area contributed by atoms with Gasteiger partial charge < -0.3 is 0 Å². The molecule has 108 valence electrons. The molecule has 0 saturated heterocycles. The Labute approximate surface area is 124 Å². The third kappa shape index (κ3) is 2.90. The van der Waals surface area contributed by atoms with Gasteiger partial charge in [-0.05, 0) is 59.7 Å². The Balaban J connectivity index is 1.98. The molecule has 0 spiro atoms. The van der Waals surface area contributed by atoms with Gasteiger partial charge in [-0.2, -0.15) is 0 Å². The molecular weight excluding hydrogens is 266 g/mol. The molecule has 0 saturated carbocycles. The summed E-state index contributed by atoms with van der Waals surface area (Å²) < 4.78 is 27.6. The molecule has 0 bridgehead atoms. The van der Waals surface area contributed by atoms with Gasteiger partial charge in [-0.3, -0.25) is 0 Å². The molecule has 21 heavy (non-hydrogen) atoms. The summed E-state index contributed by atoms with van der Waals surface area (Å²) >= 11 is 0. The minimum absolute atomic E-state index is 0.174. The molecular formula is C19H18F2. The van der Waals surface area contributed by atoms with E-state index in [2.05, 4.69) is 6.92 Å². The summed E-state index contributed by atoms with van der Waals surface area (Å²) in [6.07, 6.45) is 5.44. The zero-order valence-electron chi connectivity index (χ0n) is 12.1. The fourth-order valence-corrected chi connectivity index (χ4v) is 2.93. The molecule has 0 unspecified atom stereocenters. The summed E-state index contributed by atoms with van der Waals surface area (Å²) in [4.78, 5) is 0. The first kappa shape index (κ1) is 14.0. The Bertz CT molecular complexity index is 699. The Morgan fingerprint density at radius 2 is 1.86 bits per heavy atom. The predicted molar refractivity (Wildman–Crippen MR) is 83.0 cm³/mol. The first-order valence-corrected chi connectivity index (χ1v) is 7.45. The van der Waals surface area contributed by atoms with E-state index in [0.717, 1.165) is 47.9 Å². The lowest BCUT2D eigenvalue weighted by atomic mass is 9.88. The van der Waals surface area contributed by atoms with E-state index >= 15 is 0 Å². The molecule has 0 aromatic heterocycles. The van der Waals surface area contributed by atoms with Gasteiger partial charge in [-0.25, -0.2) is 8.78 Å². The summed E-state index contributed by atoms with van der Waals surface area (Å²) in [5.74, 6) is -0.419. The maximum atomic E-state index is 14.3. The molecule has 1 aliphatic carbocycles. The molecule has 0 aliphatic heterocycles. The van der Waals surface area contributed by atoms with Crippen LogP contribution in [0.2, 0.25) is 0 Å². The number of allylic oxidation sites excluding steroid dienone is 1. The van der Waals surface area contributed by atoms with Crippen molar-refractivity contribution in [1.29, 1.82) is 0 Å². The van der Waals surface area contributed by atoms with E-state index in [1.54, 1.807) is 6.07 Å². The van der Waals surface area contributed by atoms with Crippen molar-refractivity contribution >= 4 is 11.6 Å². The summed E-state index contributed by atoms with van der Waals surface area (Å²) in [7, 11) is 0. The Morgan fingerprint density at radius 1 is 1.00 bits per heavy atom. The third-order valence-electron chi connectivity index (χ3n) is 4.02. The normalized spacial score (nSPS) is 13.8. The number of rotatable bonds is 3.